The van der Waals surface area contributed by atoms with Crippen molar-refractivity contribution < 1.29 is 15.0 Å². The minimum Gasteiger partial charge on any atom is -0.507 e. The van der Waals surface area contributed by atoms with E-state index in [1.807, 2.05) is 30.3 Å². The number of phenols is 1. The Morgan fingerprint density at radius 3 is 2.25 bits per heavy atom. The van der Waals surface area contributed by atoms with Crippen LogP contribution in [0.2, 0.25) is 0 Å². The van der Waals surface area contributed by atoms with Crippen LogP contribution in [0.1, 0.15) is 10.4 Å². The fraction of sp³-hybridized carbons (Fsp3) is 0. The molecule has 2 rings (SSSR count). The Labute approximate surface area is 92.6 Å². The van der Waals surface area contributed by atoms with E-state index >= 15 is 0 Å². The summed E-state index contributed by atoms with van der Waals surface area (Å²) < 4.78 is 0. The van der Waals surface area contributed by atoms with E-state index in [0.29, 0.717) is 0 Å². The molecule has 0 amide bonds. The van der Waals surface area contributed by atoms with Crippen LogP contribution in [0, 0.1) is 0 Å². The molecular weight excluding hydrogens is 204 g/mol. The first-order chi connectivity index (χ1) is 7.68. The molecule has 0 unspecified atom stereocenters. The molecule has 2 N–H and O–H groups in total. The Kier molecular flexibility index (Phi) is 2.60. The van der Waals surface area contributed by atoms with E-state index in [0.717, 1.165) is 11.1 Å². The maximum Gasteiger partial charge on any atom is 0.339 e. The van der Waals surface area contributed by atoms with Crippen LogP contribution in [0.5, 0.6) is 5.75 Å². The lowest BCUT2D eigenvalue weighted by molar-refractivity contribution is 0.0694. The van der Waals surface area contributed by atoms with E-state index < -0.39 is 5.97 Å². The van der Waals surface area contributed by atoms with Crippen molar-refractivity contribution in [3.8, 4) is 16.9 Å². The second-order valence-corrected chi connectivity index (χ2v) is 3.40. The van der Waals surface area contributed by atoms with Gasteiger partial charge in [0.05, 0.1) is 0 Å². The molecule has 0 saturated carbocycles. The zero-order chi connectivity index (χ0) is 11.5. The standard InChI is InChI=1S/C13H10O3/c14-12-7-6-10(8-11(12)13(15)16)9-4-2-1-3-5-9/h1-8,14H,(H,15,16). The third kappa shape index (κ3) is 1.88. The van der Waals surface area contributed by atoms with Gasteiger partial charge in [-0.3, -0.25) is 0 Å². The van der Waals surface area contributed by atoms with Crippen molar-refractivity contribution in [1.82, 2.24) is 0 Å². The first kappa shape index (κ1) is 10.2. The van der Waals surface area contributed by atoms with Gasteiger partial charge in [-0.2, -0.15) is 0 Å². The molecule has 0 atom stereocenters. The van der Waals surface area contributed by atoms with Crippen molar-refractivity contribution in [1.29, 1.82) is 0 Å². The number of carboxylic acids is 1. The fourth-order valence-corrected chi connectivity index (χ4v) is 1.52. The molecular formula is C13H10O3. The molecule has 0 saturated heterocycles. The highest BCUT2D eigenvalue weighted by Gasteiger charge is 2.10. The van der Waals surface area contributed by atoms with Gasteiger partial charge in [0, 0.05) is 0 Å². The van der Waals surface area contributed by atoms with Gasteiger partial charge < -0.3 is 10.2 Å². The van der Waals surface area contributed by atoms with Crippen LogP contribution in [0.4, 0.5) is 0 Å². The van der Waals surface area contributed by atoms with Gasteiger partial charge >= 0.3 is 5.97 Å². The van der Waals surface area contributed by atoms with Crippen molar-refractivity contribution in [3.05, 3.63) is 54.1 Å². The number of carboxylic acid groups (broad SMARTS) is 1. The molecule has 0 heterocycles. The molecule has 0 bridgehead atoms. The summed E-state index contributed by atoms with van der Waals surface area (Å²) in [5, 5.41) is 18.2. The highest BCUT2D eigenvalue weighted by atomic mass is 16.4. The van der Waals surface area contributed by atoms with Crippen molar-refractivity contribution in [2.24, 2.45) is 0 Å². The number of aromatic hydroxyl groups is 1. The summed E-state index contributed by atoms with van der Waals surface area (Å²) in [7, 11) is 0. The quantitative estimate of drug-likeness (QED) is 0.808. The first-order valence-corrected chi connectivity index (χ1v) is 4.80. The Hall–Kier alpha value is -2.29. The largest absolute Gasteiger partial charge is 0.507 e. The Balaban J connectivity index is 2.52. The SMILES string of the molecule is O=C(O)c1cc(-c2ccccc2)ccc1O. The lowest BCUT2D eigenvalue weighted by Crippen LogP contribution is -1.96. The summed E-state index contributed by atoms with van der Waals surface area (Å²) in [6.07, 6.45) is 0. The lowest BCUT2D eigenvalue weighted by atomic mass is 10.0. The number of hydrogen-bond donors (Lipinski definition) is 2. The Bertz CT molecular complexity index is 518. The summed E-state index contributed by atoms with van der Waals surface area (Å²) in [5.74, 6) is -1.34. The number of rotatable bonds is 2. The third-order valence-electron chi connectivity index (χ3n) is 2.33. The molecule has 0 aliphatic carbocycles. The molecule has 0 fully saturated rings. The van der Waals surface area contributed by atoms with E-state index in [-0.39, 0.29) is 11.3 Å². The predicted molar refractivity (Wildman–Crippen MR) is 60.5 cm³/mol. The molecule has 3 nitrogen and oxygen atoms in total. The summed E-state index contributed by atoms with van der Waals surface area (Å²) >= 11 is 0. The summed E-state index contributed by atoms with van der Waals surface area (Å²) in [6, 6.07) is 14.0. The van der Waals surface area contributed by atoms with E-state index in [2.05, 4.69) is 0 Å². The molecule has 2 aromatic rings. The monoisotopic (exact) mass is 214 g/mol. The molecule has 16 heavy (non-hydrogen) atoms. The molecule has 2 aromatic carbocycles. The molecule has 0 spiro atoms. The number of hydrogen-bond acceptors (Lipinski definition) is 2. The second-order valence-electron chi connectivity index (χ2n) is 3.40. The third-order valence-corrected chi connectivity index (χ3v) is 2.33. The average Bonchev–Trinajstić information content (AvgIpc) is 2.30. The van der Waals surface area contributed by atoms with E-state index in [1.165, 1.54) is 12.1 Å². The summed E-state index contributed by atoms with van der Waals surface area (Å²) in [4.78, 5) is 10.8. The summed E-state index contributed by atoms with van der Waals surface area (Å²) in [6.45, 7) is 0. The number of carbonyl (C=O) groups is 1. The van der Waals surface area contributed by atoms with E-state index in [1.54, 1.807) is 6.07 Å². The second kappa shape index (κ2) is 4.06. The summed E-state index contributed by atoms with van der Waals surface area (Å²) in [5.41, 5.74) is 1.61. The van der Waals surface area contributed by atoms with E-state index in [4.69, 9.17) is 5.11 Å². The minimum absolute atomic E-state index is 0.0821. The Morgan fingerprint density at radius 2 is 1.62 bits per heavy atom. The van der Waals surface area contributed by atoms with Gasteiger partial charge in [0.1, 0.15) is 11.3 Å². The zero-order valence-corrected chi connectivity index (χ0v) is 8.42. The van der Waals surface area contributed by atoms with Gasteiger partial charge in [0.2, 0.25) is 0 Å². The molecule has 0 aliphatic heterocycles. The van der Waals surface area contributed by atoms with Crippen LogP contribution < -0.4 is 0 Å². The molecule has 0 aliphatic rings. The first-order valence-electron chi connectivity index (χ1n) is 4.80. The minimum atomic E-state index is -1.13. The smallest absolute Gasteiger partial charge is 0.339 e. The maximum atomic E-state index is 10.8. The maximum absolute atomic E-state index is 10.8. The average molecular weight is 214 g/mol. The van der Waals surface area contributed by atoms with Crippen molar-refractivity contribution >= 4 is 5.97 Å². The van der Waals surface area contributed by atoms with E-state index in [9.17, 15) is 9.90 Å². The Morgan fingerprint density at radius 1 is 0.938 bits per heavy atom. The van der Waals surface area contributed by atoms with Gasteiger partial charge in [-0.25, -0.2) is 4.79 Å². The van der Waals surface area contributed by atoms with Crippen molar-refractivity contribution in [2.45, 2.75) is 0 Å². The van der Waals surface area contributed by atoms with Crippen LogP contribution in [0.25, 0.3) is 11.1 Å². The number of aromatic carboxylic acids is 1. The zero-order valence-electron chi connectivity index (χ0n) is 8.42. The predicted octanol–water partition coefficient (Wildman–Crippen LogP) is 2.76. The highest BCUT2D eigenvalue weighted by molar-refractivity contribution is 5.92. The normalized spacial score (nSPS) is 10.0. The lowest BCUT2D eigenvalue weighted by Gasteiger charge is -2.04. The molecule has 0 radical (unpaired) electrons. The van der Waals surface area contributed by atoms with Crippen molar-refractivity contribution in [2.75, 3.05) is 0 Å². The van der Waals surface area contributed by atoms with Crippen LogP contribution in [0.3, 0.4) is 0 Å². The van der Waals surface area contributed by atoms with Gasteiger partial charge in [-0.1, -0.05) is 36.4 Å². The van der Waals surface area contributed by atoms with Gasteiger partial charge in [0.25, 0.3) is 0 Å². The molecule has 80 valence electrons. The van der Waals surface area contributed by atoms with Crippen LogP contribution in [0.15, 0.2) is 48.5 Å². The topological polar surface area (TPSA) is 57.5 Å². The molecule has 0 aromatic heterocycles. The van der Waals surface area contributed by atoms with Crippen LogP contribution >= 0.6 is 0 Å². The van der Waals surface area contributed by atoms with Gasteiger partial charge in [-0.05, 0) is 23.3 Å². The number of benzene rings is 2. The van der Waals surface area contributed by atoms with Crippen LogP contribution in [-0.2, 0) is 0 Å². The van der Waals surface area contributed by atoms with Gasteiger partial charge in [-0.15, -0.1) is 0 Å². The van der Waals surface area contributed by atoms with Crippen molar-refractivity contribution in [3.63, 3.8) is 0 Å². The van der Waals surface area contributed by atoms with Gasteiger partial charge in [0.15, 0.2) is 0 Å². The molecule has 3 heteroatoms. The van der Waals surface area contributed by atoms with Crippen LogP contribution in [-0.4, -0.2) is 16.2 Å². The fourth-order valence-electron chi connectivity index (χ4n) is 1.52. The highest BCUT2D eigenvalue weighted by Crippen LogP contribution is 2.25.